The second kappa shape index (κ2) is 5.79. The Kier molecular flexibility index (Phi) is 4.28. The maximum absolute atomic E-state index is 12.7. The zero-order chi connectivity index (χ0) is 14.8. The Morgan fingerprint density at radius 3 is 2.25 bits per heavy atom. The first-order valence-electron chi connectivity index (χ1n) is 6.04. The molecule has 106 valence electrons. The van der Waals surface area contributed by atoms with Gasteiger partial charge in [-0.15, -0.1) is 5.46 Å². The Balaban J connectivity index is 2.07. The minimum Gasteiger partial charge on any atom is -0.489 e. The molecule has 0 heterocycles. The third kappa shape index (κ3) is 3.70. The summed E-state index contributed by atoms with van der Waals surface area (Å²) in [4.78, 5) is 0. The van der Waals surface area contributed by atoms with Crippen molar-refractivity contribution in [3.8, 4) is 5.75 Å². The molecule has 2 aromatic carbocycles. The molecule has 20 heavy (non-hydrogen) atoms. The molecule has 0 saturated heterocycles. The molecule has 0 aliphatic rings. The van der Waals surface area contributed by atoms with Gasteiger partial charge in [0.05, 0.1) is 0 Å². The summed E-state index contributed by atoms with van der Waals surface area (Å²) in [5.41, 5.74) is 0.492. The highest BCUT2D eigenvalue weighted by atomic mass is 35.5. The van der Waals surface area contributed by atoms with Crippen molar-refractivity contribution in [2.45, 2.75) is 13.5 Å². The van der Waals surface area contributed by atoms with E-state index in [9.17, 15) is 12.9 Å². The highest BCUT2D eigenvalue weighted by Crippen LogP contribution is 2.19. The summed E-state index contributed by atoms with van der Waals surface area (Å²) in [6.45, 7) is -3.26. The molecule has 0 aromatic heterocycles. The van der Waals surface area contributed by atoms with Crippen LogP contribution in [-0.2, 0) is 6.61 Å². The van der Waals surface area contributed by atoms with Gasteiger partial charge in [0.15, 0.2) is 0 Å². The third-order valence-electron chi connectivity index (χ3n) is 2.91. The highest BCUT2D eigenvalue weighted by molar-refractivity contribution is 6.74. The van der Waals surface area contributed by atoms with Gasteiger partial charge in [0.1, 0.15) is 12.4 Å². The molecule has 6 heteroatoms. The summed E-state index contributed by atoms with van der Waals surface area (Å²) in [6.07, 6.45) is 0. The van der Waals surface area contributed by atoms with Crippen LogP contribution in [-0.4, -0.2) is 6.98 Å². The Labute approximate surface area is 120 Å². The van der Waals surface area contributed by atoms with Crippen LogP contribution in [0.5, 0.6) is 5.75 Å². The molecule has 0 atom stereocenters. The van der Waals surface area contributed by atoms with E-state index in [4.69, 9.17) is 16.3 Å². The molecule has 1 nitrogen and oxygen atoms in total. The normalized spacial score (nSPS) is 11.4. The monoisotopic (exact) mass is 299 g/mol. The maximum atomic E-state index is 12.7. The minimum atomic E-state index is -4.98. The lowest BCUT2D eigenvalue weighted by Crippen LogP contribution is -2.35. The molecular weight excluding hydrogens is 287 g/mol. The summed E-state index contributed by atoms with van der Waals surface area (Å²) in [5, 5.41) is 0.626. The molecule has 0 bridgehead atoms. The number of aryl methyl sites for hydroxylation is 1. The summed E-state index contributed by atoms with van der Waals surface area (Å²) < 4.78 is 43.5. The van der Waals surface area contributed by atoms with Gasteiger partial charge in [0, 0.05) is 5.02 Å². The van der Waals surface area contributed by atoms with Crippen molar-refractivity contribution < 1.29 is 17.7 Å². The van der Waals surface area contributed by atoms with Crippen LogP contribution in [0.2, 0.25) is 5.02 Å². The average Bonchev–Trinajstić information content (AvgIpc) is 2.36. The lowest BCUT2D eigenvalue weighted by Gasteiger charge is -2.18. The van der Waals surface area contributed by atoms with Gasteiger partial charge in [-0.05, 0) is 36.8 Å². The van der Waals surface area contributed by atoms with Gasteiger partial charge in [-0.2, -0.15) is 0 Å². The zero-order valence-electron chi connectivity index (χ0n) is 10.7. The molecule has 0 aliphatic heterocycles. The van der Waals surface area contributed by atoms with Crippen LogP contribution in [0.15, 0.2) is 42.5 Å². The van der Waals surface area contributed by atoms with Crippen LogP contribution in [0.25, 0.3) is 0 Å². The maximum Gasteiger partial charge on any atom is 0.509 e. The zero-order valence-corrected chi connectivity index (χ0v) is 11.5. The lowest BCUT2D eigenvalue weighted by molar-refractivity contribution is 0.306. The van der Waals surface area contributed by atoms with Gasteiger partial charge < -0.3 is 17.7 Å². The second-order valence-electron chi connectivity index (χ2n) is 4.51. The fraction of sp³-hybridized carbons (Fsp3) is 0.143. The van der Waals surface area contributed by atoms with Crippen molar-refractivity contribution in [2.24, 2.45) is 0 Å². The SMILES string of the molecule is Cc1cc(OCc2ccc(Cl)cc2)ccc1[B-](F)(F)F. The summed E-state index contributed by atoms with van der Waals surface area (Å²) >= 11 is 5.76. The molecular formula is C14H12BClF3O-. The Bertz CT molecular complexity index is 596. The number of rotatable bonds is 4. The van der Waals surface area contributed by atoms with Gasteiger partial charge in [-0.1, -0.05) is 35.4 Å². The number of ether oxygens (including phenoxy) is 1. The van der Waals surface area contributed by atoms with E-state index in [-0.39, 0.29) is 12.2 Å². The van der Waals surface area contributed by atoms with E-state index in [2.05, 4.69) is 0 Å². The van der Waals surface area contributed by atoms with Crippen LogP contribution < -0.4 is 10.2 Å². The largest absolute Gasteiger partial charge is 0.509 e. The standard InChI is InChI=1S/C14H12BClF3O/c1-10-8-13(6-7-14(10)15(17,18)19)20-9-11-2-4-12(16)5-3-11/h2-8H,9H2,1H3/q-1. The van der Waals surface area contributed by atoms with Crippen LogP contribution >= 0.6 is 11.6 Å². The number of halogens is 4. The molecule has 0 saturated carbocycles. The van der Waals surface area contributed by atoms with E-state index in [0.29, 0.717) is 10.8 Å². The first-order valence-corrected chi connectivity index (χ1v) is 6.42. The van der Waals surface area contributed by atoms with Gasteiger partial charge in [-0.3, -0.25) is 0 Å². The second-order valence-corrected chi connectivity index (χ2v) is 4.94. The van der Waals surface area contributed by atoms with Crippen molar-refractivity contribution >= 4 is 24.0 Å². The van der Waals surface area contributed by atoms with Crippen LogP contribution in [0.4, 0.5) is 12.9 Å². The molecule has 0 amide bonds. The Hall–Kier alpha value is -1.62. The summed E-state index contributed by atoms with van der Waals surface area (Å²) in [5.74, 6) is 0.418. The molecule has 0 fully saturated rings. The fourth-order valence-corrected chi connectivity index (χ4v) is 1.98. The Morgan fingerprint density at radius 2 is 1.70 bits per heavy atom. The van der Waals surface area contributed by atoms with E-state index < -0.39 is 12.4 Å². The quantitative estimate of drug-likeness (QED) is 0.766. The molecule has 0 unspecified atom stereocenters. The van der Waals surface area contributed by atoms with E-state index in [1.165, 1.54) is 19.1 Å². The van der Waals surface area contributed by atoms with Crippen LogP contribution in [0.1, 0.15) is 11.1 Å². The Morgan fingerprint density at radius 1 is 1.05 bits per heavy atom. The minimum absolute atomic E-state index is 0.172. The fourth-order valence-electron chi connectivity index (χ4n) is 1.85. The van der Waals surface area contributed by atoms with E-state index >= 15 is 0 Å². The molecule has 0 N–H and O–H groups in total. The molecule has 0 spiro atoms. The third-order valence-corrected chi connectivity index (χ3v) is 3.16. The topological polar surface area (TPSA) is 9.23 Å². The summed E-state index contributed by atoms with van der Waals surface area (Å²) in [7, 11) is 0. The predicted molar refractivity (Wildman–Crippen MR) is 75.7 cm³/mol. The van der Waals surface area contributed by atoms with E-state index in [1.54, 1.807) is 12.1 Å². The van der Waals surface area contributed by atoms with Crippen molar-refractivity contribution in [3.63, 3.8) is 0 Å². The average molecular weight is 300 g/mol. The van der Waals surface area contributed by atoms with Crippen molar-refractivity contribution in [1.82, 2.24) is 0 Å². The van der Waals surface area contributed by atoms with Gasteiger partial charge >= 0.3 is 6.98 Å². The van der Waals surface area contributed by atoms with Gasteiger partial charge in [0.25, 0.3) is 0 Å². The first kappa shape index (κ1) is 14.8. The molecule has 0 aliphatic carbocycles. The van der Waals surface area contributed by atoms with E-state index in [0.717, 1.165) is 11.6 Å². The van der Waals surface area contributed by atoms with E-state index in [1.807, 2.05) is 12.1 Å². The van der Waals surface area contributed by atoms with Crippen LogP contribution in [0.3, 0.4) is 0 Å². The lowest BCUT2D eigenvalue weighted by atomic mass is 9.77. The van der Waals surface area contributed by atoms with Gasteiger partial charge in [0.2, 0.25) is 0 Å². The van der Waals surface area contributed by atoms with Gasteiger partial charge in [-0.25, -0.2) is 0 Å². The van der Waals surface area contributed by atoms with Crippen molar-refractivity contribution in [1.29, 1.82) is 0 Å². The highest BCUT2D eigenvalue weighted by Gasteiger charge is 2.27. The van der Waals surface area contributed by atoms with Crippen molar-refractivity contribution in [3.05, 3.63) is 58.6 Å². The number of hydrogen-bond acceptors (Lipinski definition) is 1. The number of benzene rings is 2. The number of hydrogen-bond donors (Lipinski definition) is 0. The molecule has 2 rings (SSSR count). The smallest absolute Gasteiger partial charge is 0.489 e. The van der Waals surface area contributed by atoms with Crippen LogP contribution in [0, 0.1) is 6.92 Å². The summed E-state index contributed by atoms with van der Waals surface area (Å²) in [6, 6.07) is 10.9. The molecule has 0 radical (unpaired) electrons. The first-order chi connectivity index (χ1) is 9.36. The predicted octanol–water partition coefficient (Wildman–Crippen LogP) is 4.28. The molecule has 2 aromatic rings. The van der Waals surface area contributed by atoms with Crippen molar-refractivity contribution in [2.75, 3.05) is 0 Å².